The number of β-amino-alcohol motifs (C(OH)–C–C–N with tert-alkyl or cyclic N) is 1. The van der Waals surface area contributed by atoms with Crippen LogP contribution in [0.2, 0.25) is 0 Å². The maximum absolute atomic E-state index is 13.6. The van der Waals surface area contributed by atoms with Crippen molar-refractivity contribution >= 4 is 35.5 Å². The molecule has 4 atom stereocenters. The predicted octanol–water partition coefficient (Wildman–Crippen LogP) is 2.56. The number of rotatable bonds is 9. The van der Waals surface area contributed by atoms with Crippen LogP contribution in [0.15, 0.2) is 29.8 Å². The number of carbonyl (C=O) groups is 4. The number of aliphatic hydroxyl groups is 1. The van der Waals surface area contributed by atoms with E-state index in [1.807, 2.05) is 64.4 Å². The van der Waals surface area contributed by atoms with Gasteiger partial charge in [-0.2, -0.15) is 0 Å². The molecule has 2 aromatic rings. The van der Waals surface area contributed by atoms with Crippen LogP contribution in [0.4, 0.5) is 4.79 Å². The van der Waals surface area contributed by atoms with Crippen molar-refractivity contribution in [1.82, 2.24) is 25.8 Å². The monoisotopic (exact) mass is 543 g/mol. The fraction of sp³-hybridized carbons (Fsp3) is 0.519. The molecular weight excluding hydrogens is 506 g/mol. The van der Waals surface area contributed by atoms with Gasteiger partial charge in [-0.15, -0.1) is 11.3 Å². The zero-order valence-corrected chi connectivity index (χ0v) is 23.3. The van der Waals surface area contributed by atoms with E-state index in [1.165, 1.54) is 4.90 Å². The Balaban J connectivity index is 1.70. The molecule has 1 saturated heterocycles. The van der Waals surface area contributed by atoms with Crippen LogP contribution in [0.25, 0.3) is 10.4 Å². The molecule has 0 radical (unpaired) electrons. The number of benzene rings is 1. The Morgan fingerprint density at radius 3 is 2.47 bits per heavy atom. The summed E-state index contributed by atoms with van der Waals surface area (Å²) in [5, 5.41) is 18.6. The lowest BCUT2D eigenvalue weighted by molar-refractivity contribution is -0.142. The zero-order chi connectivity index (χ0) is 28.0. The molecule has 1 fully saturated rings. The van der Waals surface area contributed by atoms with Crippen molar-refractivity contribution in [3.8, 4) is 10.4 Å². The lowest BCUT2D eigenvalue weighted by atomic mass is 9.85. The summed E-state index contributed by atoms with van der Waals surface area (Å²) < 4.78 is 0. The van der Waals surface area contributed by atoms with Crippen molar-refractivity contribution in [2.24, 2.45) is 5.41 Å². The highest BCUT2D eigenvalue weighted by molar-refractivity contribution is 7.13. The first-order valence-corrected chi connectivity index (χ1v) is 13.6. The third kappa shape index (κ3) is 7.16. The Morgan fingerprint density at radius 2 is 1.89 bits per heavy atom. The van der Waals surface area contributed by atoms with Crippen molar-refractivity contribution in [3.05, 3.63) is 41.0 Å². The maximum Gasteiger partial charge on any atom is 0.315 e. The van der Waals surface area contributed by atoms with Gasteiger partial charge in [-0.3, -0.25) is 9.59 Å². The molecule has 0 bridgehead atoms. The highest BCUT2D eigenvalue weighted by Crippen LogP contribution is 2.29. The molecule has 10 nitrogen and oxygen atoms in total. The number of aromatic nitrogens is 1. The summed E-state index contributed by atoms with van der Waals surface area (Å²) in [6, 6.07) is 5.17. The SMILES string of the molecule is Cc1ncsc1-c1ccc([C@H](C)NC(=O)[C@@H]2C[C@@H](O)CN2C(=O)C(NC(=O)NCCC=O)C(C)(C)C)cc1. The molecule has 0 spiro atoms. The lowest BCUT2D eigenvalue weighted by Gasteiger charge is -2.35. The van der Waals surface area contributed by atoms with Crippen LogP contribution >= 0.6 is 11.3 Å². The van der Waals surface area contributed by atoms with Crippen molar-refractivity contribution in [3.63, 3.8) is 0 Å². The third-order valence-electron chi connectivity index (χ3n) is 6.58. The molecule has 1 aliphatic rings. The summed E-state index contributed by atoms with van der Waals surface area (Å²) in [7, 11) is 0. The molecule has 1 aliphatic heterocycles. The molecule has 1 aromatic carbocycles. The number of aliphatic hydroxyl groups excluding tert-OH is 1. The van der Waals surface area contributed by atoms with Gasteiger partial charge >= 0.3 is 6.03 Å². The summed E-state index contributed by atoms with van der Waals surface area (Å²) in [5.41, 5.74) is 4.07. The summed E-state index contributed by atoms with van der Waals surface area (Å²) in [6.07, 6.45) is 0.109. The summed E-state index contributed by atoms with van der Waals surface area (Å²) in [5.74, 6) is -0.815. The highest BCUT2D eigenvalue weighted by atomic mass is 32.1. The van der Waals surface area contributed by atoms with Crippen LogP contribution in [0.3, 0.4) is 0 Å². The van der Waals surface area contributed by atoms with Crippen molar-refractivity contribution < 1.29 is 24.3 Å². The van der Waals surface area contributed by atoms with Crippen molar-refractivity contribution in [1.29, 1.82) is 0 Å². The Morgan fingerprint density at radius 1 is 1.21 bits per heavy atom. The number of aldehydes is 1. The molecule has 38 heavy (non-hydrogen) atoms. The average molecular weight is 544 g/mol. The van der Waals surface area contributed by atoms with Gasteiger partial charge in [0.25, 0.3) is 0 Å². The quantitative estimate of drug-likeness (QED) is 0.283. The van der Waals surface area contributed by atoms with Crippen LogP contribution in [0.1, 0.15) is 57.8 Å². The number of aryl methyl sites for hydroxylation is 1. The van der Waals surface area contributed by atoms with Gasteiger partial charge in [0.15, 0.2) is 0 Å². The second kappa shape index (κ2) is 12.5. The minimum atomic E-state index is -0.945. The molecular formula is C27H37N5O5S. The largest absolute Gasteiger partial charge is 0.391 e. The van der Waals surface area contributed by atoms with Crippen molar-refractivity contribution in [2.45, 2.75) is 71.7 Å². The molecule has 1 unspecified atom stereocenters. The number of carbonyl (C=O) groups excluding carboxylic acids is 4. The fourth-order valence-corrected chi connectivity index (χ4v) is 5.25. The molecule has 2 heterocycles. The Labute approximate surface area is 227 Å². The van der Waals surface area contributed by atoms with E-state index in [0.29, 0.717) is 6.29 Å². The molecule has 4 N–H and O–H groups in total. The topological polar surface area (TPSA) is 141 Å². The molecule has 0 saturated carbocycles. The van der Waals surface area contributed by atoms with E-state index >= 15 is 0 Å². The van der Waals surface area contributed by atoms with Gasteiger partial charge in [0, 0.05) is 25.9 Å². The third-order valence-corrected chi connectivity index (χ3v) is 7.56. The molecule has 1 aromatic heterocycles. The van der Waals surface area contributed by atoms with Gasteiger partial charge in [-0.25, -0.2) is 9.78 Å². The summed E-state index contributed by atoms with van der Waals surface area (Å²) in [6.45, 7) is 9.40. The molecule has 4 amide bonds. The van der Waals surface area contributed by atoms with Gasteiger partial charge in [0.05, 0.1) is 28.2 Å². The van der Waals surface area contributed by atoms with Gasteiger partial charge in [-0.05, 0) is 30.4 Å². The molecule has 3 rings (SSSR count). The van der Waals surface area contributed by atoms with Crippen LogP contribution < -0.4 is 16.0 Å². The zero-order valence-electron chi connectivity index (χ0n) is 22.5. The van der Waals surface area contributed by atoms with Crippen LogP contribution in [0, 0.1) is 12.3 Å². The second-order valence-corrected chi connectivity index (χ2v) is 11.5. The normalized spacial score (nSPS) is 18.9. The second-order valence-electron chi connectivity index (χ2n) is 10.7. The molecule has 11 heteroatoms. The number of amides is 4. The number of hydrogen-bond donors (Lipinski definition) is 4. The Bertz CT molecular complexity index is 1140. The predicted molar refractivity (Wildman–Crippen MR) is 145 cm³/mol. The van der Waals surface area contributed by atoms with Crippen LogP contribution in [0.5, 0.6) is 0 Å². The fourth-order valence-electron chi connectivity index (χ4n) is 4.44. The molecule has 206 valence electrons. The van der Waals surface area contributed by atoms with Gasteiger partial charge in [0.2, 0.25) is 11.8 Å². The smallest absolute Gasteiger partial charge is 0.315 e. The number of urea groups is 1. The minimum absolute atomic E-state index is 0.00474. The van der Waals surface area contributed by atoms with Crippen LogP contribution in [-0.2, 0) is 14.4 Å². The average Bonchev–Trinajstić information content (AvgIpc) is 3.47. The number of nitrogens with one attached hydrogen (secondary N) is 3. The van der Waals surface area contributed by atoms with Gasteiger partial charge in [0.1, 0.15) is 18.4 Å². The molecule has 0 aliphatic carbocycles. The van der Waals surface area contributed by atoms with Crippen molar-refractivity contribution in [2.75, 3.05) is 13.1 Å². The van der Waals surface area contributed by atoms with E-state index in [0.717, 1.165) is 21.7 Å². The van der Waals surface area contributed by atoms with Gasteiger partial charge in [-0.1, -0.05) is 45.0 Å². The Kier molecular flexibility index (Phi) is 9.61. The van der Waals surface area contributed by atoms with E-state index in [-0.39, 0.29) is 37.9 Å². The first kappa shape index (κ1) is 29.2. The number of likely N-dealkylation sites (tertiary alicyclic amines) is 1. The summed E-state index contributed by atoms with van der Waals surface area (Å²) >= 11 is 1.57. The van der Waals surface area contributed by atoms with E-state index in [4.69, 9.17) is 0 Å². The standard InChI is InChI=1S/C27H37N5O5S/c1-16(18-7-9-19(10-8-18)22-17(2)29-15-38-22)30-24(35)21-13-20(34)14-32(21)25(36)23(27(3,4)5)31-26(37)28-11-6-12-33/h7-10,12,15-16,20-21,23,34H,6,11,13-14H2,1-5H3,(H,30,35)(H2,28,31,37)/t16-,20+,21-,23?/m0/s1. The minimum Gasteiger partial charge on any atom is -0.391 e. The number of thiazole rings is 1. The van der Waals surface area contributed by atoms with Crippen LogP contribution in [-0.4, -0.2) is 70.4 Å². The first-order chi connectivity index (χ1) is 17.9. The number of hydrogen-bond acceptors (Lipinski definition) is 7. The lowest BCUT2D eigenvalue weighted by Crippen LogP contribution is -2.59. The number of nitrogens with zero attached hydrogens (tertiary/aromatic N) is 2. The Hall–Kier alpha value is -3.31. The van der Waals surface area contributed by atoms with E-state index < -0.39 is 35.5 Å². The summed E-state index contributed by atoms with van der Waals surface area (Å²) in [4.78, 5) is 56.5. The highest BCUT2D eigenvalue weighted by Gasteiger charge is 2.44. The maximum atomic E-state index is 13.6. The van der Waals surface area contributed by atoms with E-state index in [9.17, 15) is 24.3 Å². The first-order valence-electron chi connectivity index (χ1n) is 12.7. The van der Waals surface area contributed by atoms with Gasteiger partial charge < -0.3 is 30.8 Å². The van der Waals surface area contributed by atoms with E-state index in [2.05, 4.69) is 20.9 Å². The van der Waals surface area contributed by atoms with E-state index in [1.54, 1.807) is 11.3 Å².